The van der Waals surface area contributed by atoms with Gasteiger partial charge in [0.05, 0.1) is 19.0 Å². The van der Waals surface area contributed by atoms with Crippen LogP contribution in [0.2, 0.25) is 0 Å². The van der Waals surface area contributed by atoms with Gasteiger partial charge in [-0.2, -0.15) is 0 Å². The summed E-state index contributed by atoms with van der Waals surface area (Å²) in [7, 11) is 0. The van der Waals surface area contributed by atoms with Crippen molar-refractivity contribution in [3.05, 3.63) is 18.2 Å². The van der Waals surface area contributed by atoms with Crippen molar-refractivity contribution < 1.29 is 14.3 Å². The minimum Gasteiger partial charge on any atom is -0.494 e. The molecule has 1 aromatic carbocycles. The van der Waals surface area contributed by atoms with Gasteiger partial charge in [-0.3, -0.25) is 4.79 Å². The summed E-state index contributed by atoms with van der Waals surface area (Å²) in [6.45, 7) is 4.69. The molecule has 0 fully saturated rings. The number of carbonyl (C=O) groups is 1. The molecule has 0 saturated carbocycles. The van der Waals surface area contributed by atoms with Crippen molar-refractivity contribution in [3.63, 3.8) is 0 Å². The van der Waals surface area contributed by atoms with Crippen LogP contribution in [0.5, 0.6) is 5.75 Å². The number of esters is 1. The summed E-state index contributed by atoms with van der Waals surface area (Å²) < 4.78 is 10.2. The molecule has 94 valence electrons. The molecule has 0 atom stereocenters. The average molecular weight is 255 g/mol. The number of nitrogens with two attached hydrogens (primary N) is 1. The zero-order valence-corrected chi connectivity index (χ0v) is 10.9. The molecule has 0 amide bonds. The van der Waals surface area contributed by atoms with Gasteiger partial charge in [0.1, 0.15) is 5.75 Å². The Morgan fingerprint density at radius 2 is 2.06 bits per heavy atom. The zero-order chi connectivity index (χ0) is 12.7. The second kappa shape index (κ2) is 7.06. The molecule has 0 aromatic heterocycles. The first kappa shape index (κ1) is 13.7. The van der Waals surface area contributed by atoms with E-state index in [1.54, 1.807) is 13.0 Å². The summed E-state index contributed by atoms with van der Waals surface area (Å²) in [5.41, 5.74) is 6.37. The summed E-state index contributed by atoms with van der Waals surface area (Å²) in [5, 5.41) is 0. The Morgan fingerprint density at radius 3 is 2.71 bits per heavy atom. The van der Waals surface area contributed by atoms with E-state index in [1.807, 2.05) is 19.1 Å². The molecule has 0 bridgehead atoms. The van der Waals surface area contributed by atoms with E-state index in [1.165, 1.54) is 11.8 Å². The maximum atomic E-state index is 11.2. The fourth-order valence-corrected chi connectivity index (χ4v) is 2.06. The lowest BCUT2D eigenvalue weighted by Gasteiger charge is -2.07. The minimum absolute atomic E-state index is 0.224. The molecule has 17 heavy (non-hydrogen) atoms. The van der Waals surface area contributed by atoms with Crippen LogP contribution in [-0.2, 0) is 9.53 Å². The third-order valence-corrected chi connectivity index (χ3v) is 2.82. The summed E-state index contributed by atoms with van der Waals surface area (Å²) in [6, 6.07) is 5.44. The molecule has 0 aliphatic carbocycles. The molecule has 1 aromatic rings. The first-order chi connectivity index (χ1) is 8.15. The lowest BCUT2D eigenvalue weighted by molar-refractivity contribution is -0.139. The Balaban J connectivity index is 2.61. The van der Waals surface area contributed by atoms with Gasteiger partial charge in [-0.25, -0.2) is 0 Å². The van der Waals surface area contributed by atoms with Gasteiger partial charge < -0.3 is 15.2 Å². The predicted octanol–water partition coefficient (Wildman–Crippen LogP) is 2.32. The van der Waals surface area contributed by atoms with Crippen LogP contribution in [0.1, 0.15) is 13.8 Å². The molecular weight excluding hydrogens is 238 g/mol. The van der Waals surface area contributed by atoms with E-state index in [9.17, 15) is 4.79 Å². The van der Waals surface area contributed by atoms with Crippen molar-refractivity contribution in [2.75, 3.05) is 24.7 Å². The largest absolute Gasteiger partial charge is 0.494 e. The molecule has 0 aliphatic heterocycles. The first-order valence-electron chi connectivity index (χ1n) is 5.47. The number of anilines is 1. The maximum Gasteiger partial charge on any atom is 0.316 e. The maximum absolute atomic E-state index is 11.2. The normalized spacial score (nSPS) is 10.0. The molecule has 1 rings (SSSR count). The van der Waals surface area contributed by atoms with E-state index in [-0.39, 0.29) is 11.7 Å². The van der Waals surface area contributed by atoms with Crippen LogP contribution in [-0.4, -0.2) is 24.9 Å². The molecule has 2 N–H and O–H groups in total. The fourth-order valence-electron chi connectivity index (χ4n) is 1.27. The summed E-state index contributed by atoms with van der Waals surface area (Å²) >= 11 is 1.39. The summed E-state index contributed by atoms with van der Waals surface area (Å²) in [4.78, 5) is 12.1. The van der Waals surface area contributed by atoms with Gasteiger partial charge in [0.25, 0.3) is 0 Å². The second-order valence-electron chi connectivity index (χ2n) is 3.26. The lowest BCUT2D eigenvalue weighted by atomic mass is 10.3. The van der Waals surface area contributed by atoms with Crippen LogP contribution in [0, 0.1) is 0 Å². The summed E-state index contributed by atoms with van der Waals surface area (Å²) in [6.07, 6.45) is 0. The molecule has 0 spiro atoms. The van der Waals surface area contributed by atoms with Crippen LogP contribution in [0.15, 0.2) is 23.1 Å². The fraction of sp³-hybridized carbons (Fsp3) is 0.417. The van der Waals surface area contributed by atoms with Gasteiger partial charge in [-0.15, -0.1) is 11.8 Å². The van der Waals surface area contributed by atoms with Gasteiger partial charge >= 0.3 is 5.97 Å². The molecule has 0 heterocycles. The van der Waals surface area contributed by atoms with E-state index in [0.29, 0.717) is 18.9 Å². The highest BCUT2D eigenvalue weighted by atomic mass is 32.2. The Labute approximate surface area is 105 Å². The monoisotopic (exact) mass is 255 g/mol. The van der Waals surface area contributed by atoms with Gasteiger partial charge in [-0.1, -0.05) is 0 Å². The van der Waals surface area contributed by atoms with Crippen molar-refractivity contribution in [2.24, 2.45) is 0 Å². The van der Waals surface area contributed by atoms with Crippen molar-refractivity contribution in [1.82, 2.24) is 0 Å². The Kier molecular flexibility index (Phi) is 5.69. The Bertz CT molecular complexity index is 382. The number of rotatable bonds is 6. The lowest BCUT2D eigenvalue weighted by Crippen LogP contribution is -2.06. The zero-order valence-electron chi connectivity index (χ0n) is 10.1. The number of hydrogen-bond acceptors (Lipinski definition) is 5. The quantitative estimate of drug-likeness (QED) is 0.480. The SMILES string of the molecule is CCOC(=O)CSc1cc(N)cc(OCC)c1. The molecule has 4 nitrogen and oxygen atoms in total. The van der Waals surface area contributed by atoms with Crippen LogP contribution in [0.4, 0.5) is 5.69 Å². The Morgan fingerprint density at radius 1 is 1.29 bits per heavy atom. The number of benzene rings is 1. The second-order valence-corrected chi connectivity index (χ2v) is 4.31. The molecule has 0 radical (unpaired) electrons. The number of ether oxygens (including phenoxy) is 2. The third kappa shape index (κ3) is 4.99. The average Bonchev–Trinajstić information content (AvgIpc) is 2.26. The van der Waals surface area contributed by atoms with Crippen molar-refractivity contribution in [2.45, 2.75) is 18.7 Å². The number of hydrogen-bond donors (Lipinski definition) is 1. The van der Waals surface area contributed by atoms with Crippen molar-refractivity contribution >= 4 is 23.4 Å². The van der Waals surface area contributed by atoms with E-state index in [2.05, 4.69) is 0 Å². The first-order valence-corrected chi connectivity index (χ1v) is 6.46. The van der Waals surface area contributed by atoms with E-state index >= 15 is 0 Å². The van der Waals surface area contributed by atoms with E-state index in [4.69, 9.17) is 15.2 Å². The topological polar surface area (TPSA) is 61.5 Å². The van der Waals surface area contributed by atoms with E-state index < -0.39 is 0 Å². The molecule has 0 unspecified atom stereocenters. The summed E-state index contributed by atoms with van der Waals surface area (Å²) in [5.74, 6) is 0.778. The van der Waals surface area contributed by atoms with Crippen molar-refractivity contribution in [3.8, 4) is 5.75 Å². The van der Waals surface area contributed by atoms with Gasteiger partial charge in [0.15, 0.2) is 0 Å². The van der Waals surface area contributed by atoms with Crippen LogP contribution in [0.3, 0.4) is 0 Å². The predicted molar refractivity (Wildman–Crippen MR) is 69.4 cm³/mol. The van der Waals surface area contributed by atoms with Crippen LogP contribution in [0.25, 0.3) is 0 Å². The smallest absolute Gasteiger partial charge is 0.316 e. The molecule has 5 heteroatoms. The van der Waals surface area contributed by atoms with Crippen LogP contribution >= 0.6 is 11.8 Å². The highest BCUT2D eigenvalue weighted by Crippen LogP contribution is 2.26. The van der Waals surface area contributed by atoms with Crippen LogP contribution < -0.4 is 10.5 Å². The van der Waals surface area contributed by atoms with Gasteiger partial charge in [-0.05, 0) is 26.0 Å². The van der Waals surface area contributed by atoms with E-state index in [0.717, 1.165) is 10.6 Å². The highest BCUT2D eigenvalue weighted by molar-refractivity contribution is 8.00. The van der Waals surface area contributed by atoms with Gasteiger partial charge in [0.2, 0.25) is 0 Å². The number of thioether (sulfide) groups is 1. The third-order valence-electron chi connectivity index (χ3n) is 1.88. The minimum atomic E-state index is -0.224. The molecule has 0 aliphatic rings. The van der Waals surface area contributed by atoms with Crippen molar-refractivity contribution in [1.29, 1.82) is 0 Å². The highest BCUT2D eigenvalue weighted by Gasteiger charge is 2.05. The standard InChI is InChI=1S/C12H17NO3S/c1-3-15-10-5-9(13)6-11(7-10)17-8-12(14)16-4-2/h5-7H,3-4,8,13H2,1-2H3. The number of nitrogen functional groups attached to an aromatic ring is 1. The molecule has 0 saturated heterocycles. The van der Waals surface area contributed by atoms with Gasteiger partial charge in [0, 0.05) is 16.6 Å². The Hall–Kier alpha value is -1.36. The molecular formula is C12H17NO3S. The number of carbonyl (C=O) groups excluding carboxylic acids is 1.